The molecule has 1 unspecified atom stereocenters. The van der Waals surface area contributed by atoms with Crippen molar-refractivity contribution in [3.05, 3.63) is 11.1 Å². The van der Waals surface area contributed by atoms with E-state index in [9.17, 15) is 13.2 Å². The van der Waals surface area contributed by atoms with Gasteiger partial charge in [-0.3, -0.25) is 5.32 Å². The third-order valence-electron chi connectivity index (χ3n) is 3.01. The number of amides is 2. The molecule has 0 bridgehead atoms. The van der Waals surface area contributed by atoms with Gasteiger partial charge in [0.05, 0.1) is 5.25 Å². The first-order valence-electron chi connectivity index (χ1n) is 5.92. The van der Waals surface area contributed by atoms with Gasteiger partial charge in [0, 0.05) is 24.2 Å². The first-order chi connectivity index (χ1) is 8.90. The maximum atomic E-state index is 11.9. The van der Waals surface area contributed by atoms with Crippen LogP contribution >= 0.6 is 11.3 Å². The molecule has 1 aliphatic rings. The molecular weight excluding hydrogens is 288 g/mol. The standard InChI is InChI=1S/C10H16N4O3S2/c1-2-7-5-12-9(18-7)13-10(15)14-4-3-8(6-14)19(11,16)17/h5,8H,2-4,6H2,1H3,(H2,11,16,17)(H,12,13,15). The summed E-state index contributed by atoms with van der Waals surface area (Å²) in [6.45, 7) is 2.53. The lowest BCUT2D eigenvalue weighted by molar-refractivity contribution is 0.222. The molecule has 1 fully saturated rings. The van der Waals surface area contributed by atoms with Gasteiger partial charge < -0.3 is 4.90 Å². The van der Waals surface area contributed by atoms with Gasteiger partial charge in [-0.2, -0.15) is 0 Å². The molecule has 2 heterocycles. The number of primary sulfonamides is 1. The van der Waals surface area contributed by atoms with Crippen molar-refractivity contribution in [3.63, 3.8) is 0 Å². The summed E-state index contributed by atoms with van der Waals surface area (Å²) < 4.78 is 22.4. The first-order valence-corrected chi connectivity index (χ1v) is 8.35. The molecule has 1 aromatic heterocycles. The van der Waals surface area contributed by atoms with Gasteiger partial charge in [0.15, 0.2) is 5.13 Å². The van der Waals surface area contributed by atoms with Crippen molar-refractivity contribution in [2.45, 2.75) is 25.0 Å². The molecule has 1 saturated heterocycles. The van der Waals surface area contributed by atoms with Gasteiger partial charge in [0.1, 0.15) is 0 Å². The Balaban J connectivity index is 1.95. The Morgan fingerprint density at radius 1 is 1.68 bits per heavy atom. The molecule has 0 saturated carbocycles. The SMILES string of the molecule is CCc1cnc(NC(=O)N2CCC(S(N)(=O)=O)C2)s1. The molecule has 0 aromatic carbocycles. The van der Waals surface area contributed by atoms with Gasteiger partial charge >= 0.3 is 6.03 Å². The van der Waals surface area contributed by atoms with E-state index in [1.54, 1.807) is 6.20 Å². The Kier molecular flexibility index (Phi) is 4.07. The molecule has 106 valence electrons. The van der Waals surface area contributed by atoms with Gasteiger partial charge in [0.2, 0.25) is 10.0 Å². The van der Waals surface area contributed by atoms with Crippen molar-refractivity contribution in [2.75, 3.05) is 18.4 Å². The Hall–Kier alpha value is -1.19. The number of thiazole rings is 1. The highest BCUT2D eigenvalue weighted by Crippen LogP contribution is 2.20. The highest BCUT2D eigenvalue weighted by atomic mass is 32.2. The van der Waals surface area contributed by atoms with Crippen LogP contribution in [0.5, 0.6) is 0 Å². The molecule has 0 aliphatic carbocycles. The molecule has 0 spiro atoms. The second kappa shape index (κ2) is 5.43. The van der Waals surface area contributed by atoms with Crippen LogP contribution in [-0.4, -0.2) is 42.7 Å². The Morgan fingerprint density at radius 2 is 2.42 bits per heavy atom. The minimum absolute atomic E-state index is 0.136. The quantitative estimate of drug-likeness (QED) is 0.853. The highest BCUT2D eigenvalue weighted by molar-refractivity contribution is 7.89. The number of hydrogen-bond acceptors (Lipinski definition) is 5. The largest absolute Gasteiger partial charge is 0.323 e. The molecule has 1 atom stereocenters. The number of nitrogens with zero attached hydrogens (tertiary/aromatic N) is 2. The minimum atomic E-state index is -3.58. The molecule has 1 aromatic rings. The van der Waals surface area contributed by atoms with Crippen LogP contribution in [0.2, 0.25) is 0 Å². The molecule has 3 N–H and O–H groups in total. The van der Waals surface area contributed by atoms with Crippen molar-refractivity contribution >= 4 is 32.5 Å². The number of sulfonamides is 1. The third-order valence-corrected chi connectivity index (χ3v) is 5.38. The lowest BCUT2D eigenvalue weighted by Gasteiger charge is -2.15. The molecule has 7 nitrogen and oxygen atoms in total. The van der Waals surface area contributed by atoms with Crippen molar-refractivity contribution in [1.82, 2.24) is 9.88 Å². The Bertz CT molecular complexity index is 569. The third kappa shape index (κ3) is 3.43. The van der Waals surface area contributed by atoms with Gasteiger partial charge in [0.25, 0.3) is 0 Å². The molecule has 1 aliphatic heterocycles. The topological polar surface area (TPSA) is 105 Å². The summed E-state index contributed by atoms with van der Waals surface area (Å²) in [7, 11) is -3.58. The smallest absolute Gasteiger partial charge is 0.323 e. The van der Waals surface area contributed by atoms with E-state index in [-0.39, 0.29) is 12.6 Å². The van der Waals surface area contributed by atoms with Crippen molar-refractivity contribution in [3.8, 4) is 0 Å². The number of hydrogen-bond donors (Lipinski definition) is 2. The summed E-state index contributed by atoms with van der Waals surface area (Å²) in [6, 6.07) is -0.330. The number of urea groups is 1. The van der Waals surface area contributed by atoms with Crippen LogP contribution in [0.4, 0.5) is 9.93 Å². The van der Waals surface area contributed by atoms with Crippen LogP contribution in [0.15, 0.2) is 6.20 Å². The molecular formula is C10H16N4O3S2. The number of nitrogens with one attached hydrogen (secondary N) is 1. The second-order valence-electron chi connectivity index (χ2n) is 4.36. The van der Waals surface area contributed by atoms with Gasteiger partial charge in [-0.1, -0.05) is 6.92 Å². The minimum Gasteiger partial charge on any atom is -0.323 e. The molecule has 19 heavy (non-hydrogen) atoms. The number of likely N-dealkylation sites (tertiary alicyclic amines) is 1. The predicted octanol–water partition coefficient (Wildman–Crippen LogP) is 0.600. The number of rotatable bonds is 3. The van der Waals surface area contributed by atoms with E-state index in [0.29, 0.717) is 18.1 Å². The maximum absolute atomic E-state index is 11.9. The molecule has 2 amide bonds. The zero-order valence-electron chi connectivity index (χ0n) is 10.5. The van der Waals surface area contributed by atoms with Gasteiger partial charge in [-0.15, -0.1) is 11.3 Å². The lowest BCUT2D eigenvalue weighted by Crippen LogP contribution is -2.36. The molecule has 0 radical (unpaired) electrons. The van der Waals surface area contributed by atoms with Crippen LogP contribution < -0.4 is 10.5 Å². The van der Waals surface area contributed by atoms with E-state index in [2.05, 4.69) is 10.3 Å². The number of carbonyl (C=O) groups is 1. The fourth-order valence-electron chi connectivity index (χ4n) is 1.88. The van der Waals surface area contributed by atoms with Crippen molar-refractivity contribution < 1.29 is 13.2 Å². The van der Waals surface area contributed by atoms with E-state index in [1.807, 2.05) is 6.92 Å². The van der Waals surface area contributed by atoms with Gasteiger partial charge in [-0.05, 0) is 12.8 Å². The van der Waals surface area contributed by atoms with E-state index in [4.69, 9.17) is 5.14 Å². The highest BCUT2D eigenvalue weighted by Gasteiger charge is 2.33. The second-order valence-corrected chi connectivity index (χ2v) is 7.32. The van der Waals surface area contributed by atoms with Crippen LogP contribution in [-0.2, 0) is 16.4 Å². The summed E-state index contributed by atoms with van der Waals surface area (Å²) in [5, 5.41) is 7.61. The van der Waals surface area contributed by atoms with E-state index < -0.39 is 15.3 Å². The summed E-state index contributed by atoms with van der Waals surface area (Å²) in [6.07, 6.45) is 2.96. The summed E-state index contributed by atoms with van der Waals surface area (Å²) >= 11 is 1.41. The lowest BCUT2D eigenvalue weighted by atomic mass is 10.4. The zero-order valence-corrected chi connectivity index (χ0v) is 12.1. The van der Waals surface area contributed by atoms with Crippen molar-refractivity contribution in [1.29, 1.82) is 0 Å². The van der Waals surface area contributed by atoms with E-state index in [1.165, 1.54) is 16.2 Å². The fourth-order valence-corrected chi connectivity index (χ4v) is 3.44. The molecule has 9 heteroatoms. The summed E-state index contributed by atoms with van der Waals surface area (Å²) in [5.41, 5.74) is 0. The zero-order chi connectivity index (χ0) is 14.0. The Morgan fingerprint density at radius 3 is 2.95 bits per heavy atom. The normalized spacial score (nSPS) is 19.7. The van der Waals surface area contributed by atoms with Crippen LogP contribution in [0.1, 0.15) is 18.2 Å². The summed E-state index contributed by atoms with van der Waals surface area (Å²) in [5.74, 6) is 0. The van der Waals surface area contributed by atoms with E-state index in [0.717, 1.165) is 11.3 Å². The number of carbonyl (C=O) groups excluding carboxylic acids is 1. The number of nitrogens with two attached hydrogens (primary N) is 1. The first kappa shape index (κ1) is 14.2. The average Bonchev–Trinajstić information content (AvgIpc) is 2.96. The number of aromatic nitrogens is 1. The maximum Gasteiger partial charge on any atom is 0.323 e. The predicted molar refractivity (Wildman–Crippen MR) is 73.6 cm³/mol. The van der Waals surface area contributed by atoms with Gasteiger partial charge in [-0.25, -0.2) is 23.3 Å². The molecule has 2 rings (SSSR count). The van der Waals surface area contributed by atoms with Crippen LogP contribution in [0, 0.1) is 0 Å². The Labute approximate surface area is 115 Å². The van der Waals surface area contributed by atoms with Crippen LogP contribution in [0.25, 0.3) is 0 Å². The fraction of sp³-hybridized carbons (Fsp3) is 0.600. The summed E-state index contributed by atoms with van der Waals surface area (Å²) in [4.78, 5) is 18.5. The number of anilines is 1. The monoisotopic (exact) mass is 304 g/mol. The van der Waals surface area contributed by atoms with E-state index >= 15 is 0 Å². The van der Waals surface area contributed by atoms with Crippen LogP contribution in [0.3, 0.4) is 0 Å². The average molecular weight is 304 g/mol. The number of aryl methyl sites for hydroxylation is 1. The van der Waals surface area contributed by atoms with Crippen molar-refractivity contribution in [2.24, 2.45) is 5.14 Å².